The van der Waals surface area contributed by atoms with Crippen molar-refractivity contribution in [3.8, 4) is 0 Å². The Balaban J connectivity index is 2.47. The van der Waals surface area contributed by atoms with Crippen molar-refractivity contribution in [1.29, 1.82) is 0 Å². The van der Waals surface area contributed by atoms with E-state index in [2.05, 4.69) is 18.1 Å². The Morgan fingerprint density at radius 1 is 1.20 bits per heavy atom. The van der Waals surface area contributed by atoms with Crippen molar-refractivity contribution < 1.29 is 0 Å². The molecule has 1 heterocycles. The third-order valence-corrected chi connectivity index (χ3v) is 5.59. The molecular weight excluding hydrogens is 167 g/mol. The van der Waals surface area contributed by atoms with Crippen molar-refractivity contribution in [2.75, 3.05) is 0 Å². The van der Waals surface area contributed by atoms with Crippen LogP contribution in [0.15, 0.2) is 8.18 Å². The normalized spacial score (nSPS) is 26.8. The molecular formula is C4H8Sn. The third-order valence-electron chi connectivity index (χ3n) is 0.833. The zero-order valence-corrected chi connectivity index (χ0v) is 6.51. The molecule has 0 bridgehead atoms. The zero-order valence-electron chi connectivity index (χ0n) is 3.65. The molecule has 0 saturated carbocycles. The van der Waals surface area contributed by atoms with Gasteiger partial charge in [-0.25, -0.2) is 0 Å². The minimum atomic E-state index is -1.18. The van der Waals surface area contributed by atoms with Gasteiger partial charge in [-0.15, -0.1) is 0 Å². The van der Waals surface area contributed by atoms with Crippen molar-refractivity contribution in [2.45, 2.75) is 9.88 Å². The first kappa shape index (κ1) is 3.72. The number of hydrogen-bond donors (Lipinski definition) is 0. The van der Waals surface area contributed by atoms with E-state index in [4.69, 9.17) is 0 Å². The van der Waals surface area contributed by atoms with Crippen molar-refractivity contribution in [1.82, 2.24) is 0 Å². The summed E-state index contributed by atoms with van der Waals surface area (Å²) in [6.45, 7) is 0. The molecule has 0 fully saturated rings. The maximum atomic E-state index is 2.40. The van der Waals surface area contributed by atoms with Crippen LogP contribution in [-0.2, 0) is 0 Å². The van der Waals surface area contributed by atoms with Crippen LogP contribution in [0.1, 0.15) is 0 Å². The van der Waals surface area contributed by atoms with Crippen LogP contribution in [0.5, 0.6) is 0 Å². The van der Waals surface area contributed by atoms with E-state index in [-0.39, 0.29) is 0 Å². The summed E-state index contributed by atoms with van der Waals surface area (Å²) in [5.74, 6) is 0. The Morgan fingerprint density at radius 3 is 1.40 bits per heavy atom. The van der Waals surface area contributed by atoms with Crippen molar-refractivity contribution in [3.63, 3.8) is 0 Å². The van der Waals surface area contributed by atoms with Crippen LogP contribution in [0.4, 0.5) is 0 Å². The van der Waals surface area contributed by atoms with Gasteiger partial charge in [0.1, 0.15) is 0 Å². The monoisotopic (exact) mass is 176 g/mol. The fourth-order valence-corrected chi connectivity index (χ4v) is 7.50. The first-order chi connectivity index (χ1) is 2.21. The van der Waals surface area contributed by atoms with Gasteiger partial charge < -0.3 is 0 Å². The quantitative estimate of drug-likeness (QED) is 0.487. The Kier molecular flexibility index (Phi) is 0.580. The van der Waals surface area contributed by atoms with Crippen LogP contribution < -0.4 is 0 Å². The van der Waals surface area contributed by atoms with Crippen molar-refractivity contribution in [2.24, 2.45) is 0 Å². The number of rotatable bonds is 0. The summed E-state index contributed by atoms with van der Waals surface area (Å²) in [6, 6.07) is 0. The first-order valence-corrected chi connectivity index (χ1v) is 10.9. The molecule has 0 atom stereocenters. The molecule has 0 radical (unpaired) electrons. The van der Waals surface area contributed by atoms with Gasteiger partial charge in [0.05, 0.1) is 0 Å². The molecule has 0 aromatic carbocycles. The first-order valence-electron chi connectivity index (χ1n) is 1.91. The van der Waals surface area contributed by atoms with Gasteiger partial charge in [0.25, 0.3) is 0 Å². The van der Waals surface area contributed by atoms with Crippen LogP contribution in [0.2, 0.25) is 9.88 Å². The van der Waals surface area contributed by atoms with Gasteiger partial charge in [-0.1, -0.05) is 0 Å². The van der Waals surface area contributed by atoms with Crippen LogP contribution in [0.3, 0.4) is 0 Å². The van der Waals surface area contributed by atoms with Crippen LogP contribution in [0, 0.1) is 0 Å². The molecule has 1 aliphatic rings. The Bertz CT molecular complexity index is 63.7. The molecule has 0 nitrogen and oxygen atoms in total. The Labute approximate surface area is 36.8 Å². The maximum absolute atomic E-state index is 2.40. The van der Waals surface area contributed by atoms with E-state index in [1.807, 2.05) is 0 Å². The Morgan fingerprint density at radius 2 is 1.40 bits per heavy atom. The van der Waals surface area contributed by atoms with E-state index in [9.17, 15) is 0 Å². The Hall–Kier alpha value is 0.539. The van der Waals surface area contributed by atoms with Gasteiger partial charge in [0.15, 0.2) is 0 Å². The second-order valence-electron chi connectivity index (χ2n) is 2.15. The van der Waals surface area contributed by atoms with Gasteiger partial charge in [0, 0.05) is 0 Å². The summed E-state index contributed by atoms with van der Waals surface area (Å²) >= 11 is -1.18. The molecule has 28 valence electrons. The molecule has 0 N–H and O–H groups in total. The van der Waals surface area contributed by atoms with E-state index >= 15 is 0 Å². The SMILES string of the molecule is [CH3][Sn]1([CH3])[CH]=[CH]1. The van der Waals surface area contributed by atoms with Gasteiger partial charge in [-0.3, -0.25) is 0 Å². The molecule has 0 aromatic rings. The van der Waals surface area contributed by atoms with E-state index in [0.29, 0.717) is 0 Å². The van der Waals surface area contributed by atoms with E-state index in [1.165, 1.54) is 0 Å². The molecule has 0 spiro atoms. The molecule has 5 heavy (non-hydrogen) atoms. The van der Waals surface area contributed by atoms with Gasteiger partial charge in [-0.05, 0) is 0 Å². The standard InChI is InChI=1S/C2H2.2CH3.Sn/c1-2;;;/h1-2H;2*1H3;. The third kappa shape index (κ3) is 0.954. The average Bonchev–Trinajstić information content (AvgIpc) is 1.76. The molecule has 0 unspecified atom stereocenters. The van der Waals surface area contributed by atoms with Crippen LogP contribution in [0.25, 0.3) is 0 Å². The minimum absolute atomic E-state index is 1.18. The molecule has 1 rings (SSSR count). The van der Waals surface area contributed by atoms with E-state index in [0.717, 1.165) is 0 Å². The number of hydrogen-bond acceptors (Lipinski definition) is 0. The molecule has 0 aliphatic carbocycles. The predicted octanol–water partition coefficient (Wildman–Crippen LogP) is 1.34. The van der Waals surface area contributed by atoms with Gasteiger partial charge >= 0.3 is 36.4 Å². The second-order valence-corrected chi connectivity index (χ2v) is 14.5. The van der Waals surface area contributed by atoms with Gasteiger partial charge in [0.2, 0.25) is 0 Å². The van der Waals surface area contributed by atoms with E-state index < -0.39 is 18.4 Å². The van der Waals surface area contributed by atoms with Crippen molar-refractivity contribution in [3.05, 3.63) is 8.18 Å². The summed E-state index contributed by atoms with van der Waals surface area (Å²) in [7, 11) is 0. The van der Waals surface area contributed by atoms with Crippen molar-refractivity contribution >= 4 is 18.4 Å². The molecule has 1 heteroatoms. The summed E-state index contributed by atoms with van der Waals surface area (Å²) in [5.41, 5.74) is 0. The summed E-state index contributed by atoms with van der Waals surface area (Å²) < 4.78 is 4.80. The summed E-state index contributed by atoms with van der Waals surface area (Å²) in [4.78, 5) is 4.80. The molecule has 0 saturated heterocycles. The average molecular weight is 175 g/mol. The molecule has 0 aromatic heterocycles. The van der Waals surface area contributed by atoms with Gasteiger partial charge in [-0.2, -0.15) is 0 Å². The molecule has 0 amide bonds. The van der Waals surface area contributed by atoms with E-state index in [1.54, 1.807) is 0 Å². The second kappa shape index (κ2) is 0.780. The predicted molar refractivity (Wildman–Crippen MR) is 26.6 cm³/mol. The fourth-order valence-electron chi connectivity index (χ4n) is 0.167. The summed E-state index contributed by atoms with van der Waals surface area (Å²) in [6.07, 6.45) is 0. The fraction of sp³-hybridized carbons (Fsp3) is 0.500. The summed E-state index contributed by atoms with van der Waals surface area (Å²) in [5, 5.41) is 0. The topological polar surface area (TPSA) is 0 Å². The van der Waals surface area contributed by atoms with Crippen LogP contribution >= 0.6 is 0 Å². The zero-order chi connectivity index (χ0) is 3.91. The molecule has 1 aliphatic heterocycles. The van der Waals surface area contributed by atoms with Crippen LogP contribution in [-0.4, -0.2) is 18.4 Å².